The maximum Gasteiger partial charge on any atom is 0.251 e. The smallest absolute Gasteiger partial charge is 0.251 e. The zero-order valence-corrected chi connectivity index (χ0v) is 15.2. The Hall–Kier alpha value is -1.17. The Morgan fingerprint density at radius 1 is 1.48 bits per heavy atom. The number of halogens is 2. The lowest BCUT2D eigenvalue weighted by atomic mass is 10.00. The Morgan fingerprint density at radius 3 is 2.83 bits per heavy atom. The highest BCUT2D eigenvalue weighted by Crippen LogP contribution is 2.36. The maximum absolute atomic E-state index is 12.4. The van der Waals surface area contributed by atoms with E-state index in [-0.39, 0.29) is 24.4 Å². The second-order valence-electron chi connectivity index (χ2n) is 5.47. The first kappa shape index (κ1) is 19.9. The summed E-state index contributed by atoms with van der Waals surface area (Å²) in [6, 6.07) is 3.88. The van der Waals surface area contributed by atoms with Crippen LogP contribution in [0.15, 0.2) is 12.1 Å². The molecule has 1 aromatic carbocycles. The van der Waals surface area contributed by atoms with E-state index >= 15 is 0 Å². The quantitative estimate of drug-likeness (QED) is 0.844. The summed E-state index contributed by atoms with van der Waals surface area (Å²) in [6.07, 6.45) is 1.85. The first-order valence-corrected chi connectivity index (χ1v) is 7.97. The molecule has 0 spiro atoms. The van der Waals surface area contributed by atoms with E-state index in [1.54, 1.807) is 12.1 Å². The summed E-state index contributed by atoms with van der Waals surface area (Å²) in [5.41, 5.74) is 0.483. The van der Waals surface area contributed by atoms with Crippen LogP contribution in [0.1, 0.15) is 37.0 Å². The van der Waals surface area contributed by atoms with Gasteiger partial charge in [0.05, 0.1) is 18.7 Å². The molecule has 1 heterocycles. The van der Waals surface area contributed by atoms with Crippen LogP contribution < -0.4 is 20.1 Å². The van der Waals surface area contributed by atoms with E-state index in [0.29, 0.717) is 34.7 Å². The van der Waals surface area contributed by atoms with Gasteiger partial charge >= 0.3 is 0 Å². The summed E-state index contributed by atoms with van der Waals surface area (Å²) in [5.74, 6) is 0.805. The molecule has 1 aromatic rings. The zero-order chi connectivity index (χ0) is 16.1. The third kappa shape index (κ3) is 5.16. The number of methoxy groups -OCH3 is 1. The van der Waals surface area contributed by atoms with Crippen molar-refractivity contribution in [2.75, 3.05) is 20.3 Å². The summed E-state index contributed by atoms with van der Waals surface area (Å²) in [4.78, 5) is 12.4. The lowest BCUT2D eigenvalue weighted by Crippen LogP contribution is -2.46. The molecule has 1 aliphatic rings. The van der Waals surface area contributed by atoms with Gasteiger partial charge in [0.15, 0.2) is 11.5 Å². The van der Waals surface area contributed by atoms with Crippen LogP contribution in [0.3, 0.4) is 0 Å². The molecule has 1 amide bonds. The molecule has 0 saturated carbocycles. The lowest BCUT2D eigenvalue weighted by Gasteiger charge is -2.28. The van der Waals surface area contributed by atoms with Crippen LogP contribution in [0.25, 0.3) is 0 Å². The lowest BCUT2D eigenvalue weighted by molar-refractivity contribution is 0.0925. The average molecular weight is 363 g/mol. The normalized spacial score (nSPS) is 20.3. The van der Waals surface area contributed by atoms with Crippen LogP contribution >= 0.6 is 24.0 Å². The number of benzene rings is 1. The third-order valence-corrected chi connectivity index (χ3v) is 4.02. The predicted molar refractivity (Wildman–Crippen MR) is 94.4 cm³/mol. The molecule has 0 radical (unpaired) electrons. The predicted octanol–water partition coefficient (Wildman–Crippen LogP) is 3.04. The van der Waals surface area contributed by atoms with E-state index in [9.17, 15) is 4.79 Å². The fraction of sp³-hybridized carbons (Fsp3) is 0.562. The summed E-state index contributed by atoms with van der Waals surface area (Å²) in [5, 5.41) is 6.81. The van der Waals surface area contributed by atoms with E-state index in [2.05, 4.69) is 17.6 Å². The number of ether oxygens (including phenoxy) is 2. The van der Waals surface area contributed by atoms with Crippen molar-refractivity contribution >= 4 is 29.9 Å². The van der Waals surface area contributed by atoms with Crippen LogP contribution in [-0.4, -0.2) is 38.3 Å². The SMILES string of the molecule is CCOc1c(Cl)cc(C(=O)NC2CCNC(C)C2)cc1OC.Cl. The van der Waals surface area contributed by atoms with E-state index in [1.807, 2.05) is 6.92 Å². The van der Waals surface area contributed by atoms with Crippen molar-refractivity contribution in [3.8, 4) is 11.5 Å². The Morgan fingerprint density at radius 2 is 2.22 bits per heavy atom. The second kappa shape index (κ2) is 9.21. The van der Waals surface area contributed by atoms with E-state index < -0.39 is 0 Å². The summed E-state index contributed by atoms with van der Waals surface area (Å²) in [6.45, 7) is 5.39. The average Bonchev–Trinajstić information content (AvgIpc) is 2.49. The number of nitrogens with one attached hydrogen (secondary N) is 2. The molecule has 2 N–H and O–H groups in total. The van der Waals surface area contributed by atoms with E-state index in [1.165, 1.54) is 7.11 Å². The fourth-order valence-corrected chi connectivity index (χ4v) is 2.93. The summed E-state index contributed by atoms with van der Waals surface area (Å²) >= 11 is 6.21. The molecule has 23 heavy (non-hydrogen) atoms. The Balaban J connectivity index is 0.00000264. The van der Waals surface area contributed by atoms with Gasteiger partial charge in [-0.15, -0.1) is 12.4 Å². The number of hydrogen-bond acceptors (Lipinski definition) is 4. The highest BCUT2D eigenvalue weighted by Gasteiger charge is 2.22. The monoisotopic (exact) mass is 362 g/mol. The van der Waals surface area contributed by atoms with E-state index in [0.717, 1.165) is 19.4 Å². The molecule has 130 valence electrons. The molecular weight excluding hydrogens is 339 g/mol. The van der Waals surface area contributed by atoms with Gasteiger partial charge in [-0.2, -0.15) is 0 Å². The van der Waals surface area contributed by atoms with Gasteiger partial charge in [0.2, 0.25) is 0 Å². The van der Waals surface area contributed by atoms with Crippen molar-refractivity contribution in [1.29, 1.82) is 0 Å². The Kier molecular flexibility index (Phi) is 7.95. The summed E-state index contributed by atoms with van der Waals surface area (Å²) in [7, 11) is 1.53. The maximum atomic E-state index is 12.4. The molecule has 7 heteroatoms. The van der Waals surface area contributed by atoms with Crippen LogP contribution in [0.5, 0.6) is 11.5 Å². The zero-order valence-electron chi connectivity index (χ0n) is 13.6. The van der Waals surface area contributed by atoms with Crippen molar-refractivity contribution in [1.82, 2.24) is 10.6 Å². The molecule has 0 aromatic heterocycles. The van der Waals surface area contributed by atoms with Gasteiger partial charge in [-0.1, -0.05) is 11.6 Å². The van der Waals surface area contributed by atoms with Crippen molar-refractivity contribution in [3.63, 3.8) is 0 Å². The van der Waals surface area contributed by atoms with Crippen LogP contribution in [0.2, 0.25) is 5.02 Å². The number of carbonyl (C=O) groups is 1. The third-order valence-electron chi connectivity index (χ3n) is 3.74. The minimum atomic E-state index is -0.137. The summed E-state index contributed by atoms with van der Waals surface area (Å²) < 4.78 is 10.7. The number of piperidine rings is 1. The number of rotatable bonds is 5. The van der Waals surface area contributed by atoms with Gasteiger partial charge in [-0.25, -0.2) is 0 Å². The number of amides is 1. The largest absolute Gasteiger partial charge is 0.493 e. The minimum absolute atomic E-state index is 0. The number of hydrogen-bond donors (Lipinski definition) is 2. The fourth-order valence-electron chi connectivity index (χ4n) is 2.67. The molecular formula is C16H24Cl2N2O3. The molecule has 1 saturated heterocycles. The molecule has 1 fully saturated rings. The van der Waals surface area contributed by atoms with Gasteiger partial charge in [0.1, 0.15) is 0 Å². The standard InChI is InChI=1S/C16H23ClN2O3.ClH/c1-4-22-15-13(17)8-11(9-14(15)21-3)16(20)19-12-5-6-18-10(2)7-12;/h8-10,12,18H,4-7H2,1-3H3,(H,19,20);1H. The highest BCUT2D eigenvalue weighted by molar-refractivity contribution is 6.32. The number of carbonyl (C=O) groups excluding carboxylic acids is 1. The van der Waals surface area contributed by atoms with Crippen molar-refractivity contribution < 1.29 is 14.3 Å². The van der Waals surface area contributed by atoms with Crippen molar-refractivity contribution in [3.05, 3.63) is 22.7 Å². The van der Waals surface area contributed by atoms with Crippen molar-refractivity contribution in [2.45, 2.75) is 38.8 Å². The Labute approximate surface area is 148 Å². The van der Waals surface area contributed by atoms with Crippen molar-refractivity contribution in [2.24, 2.45) is 0 Å². The topological polar surface area (TPSA) is 59.6 Å². The first-order valence-electron chi connectivity index (χ1n) is 7.59. The first-order chi connectivity index (χ1) is 10.5. The van der Waals surface area contributed by atoms with E-state index in [4.69, 9.17) is 21.1 Å². The molecule has 2 atom stereocenters. The molecule has 0 aliphatic carbocycles. The second-order valence-corrected chi connectivity index (χ2v) is 5.88. The van der Waals surface area contributed by atoms with Crippen LogP contribution in [-0.2, 0) is 0 Å². The van der Waals surface area contributed by atoms with Gasteiger partial charge in [0, 0.05) is 17.6 Å². The minimum Gasteiger partial charge on any atom is -0.493 e. The molecule has 0 bridgehead atoms. The van der Waals surface area contributed by atoms with Gasteiger partial charge in [0.25, 0.3) is 5.91 Å². The van der Waals surface area contributed by atoms with Crippen LogP contribution in [0, 0.1) is 0 Å². The Bertz CT molecular complexity index is 540. The van der Waals surface area contributed by atoms with Gasteiger partial charge in [-0.3, -0.25) is 4.79 Å². The van der Waals surface area contributed by atoms with Gasteiger partial charge < -0.3 is 20.1 Å². The van der Waals surface area contributed by atoms with Crippen LogP contribution in [0.4, 0.5) is 0 Å². The highest BCUT2D eigenvalue weighted by atomic mass is 35.5. The van der Waals surface area contributed by atoms with Gasteiger partial charge in [-0.05, 0) is 45.4 Å². The molecule has 1 aliphatic heterocycles. The molecule has 2 unspecified atom stereocenters. The molecule has 5 nitrogen and oxygen atoms in total. The molecule has 2 rings (SSSR count).